The maximum Gasteiger partial charge on any atom is 0.264 e. The summed E-state index contributed by atoms with van der Waals surface area (Å²) in [5.41, 5.74) is 1.32. The smallest absolute Gasteiger partial charge is 0.264 e. The van der Waals surface area contributed by atoms with Crippen molar-refractivity contribution in [3.8, 4) is 0 Å². The quantitative estimate of drug-likeness (QED) is 0.825. The van der Waals surface area contributed by atoms with Crippen molar-refractivity contribution in [1.29, 1.82) is 0 Å². The van der Waals surface area contributed by atoms with Crippen molar-refractivity contribution in [2.24, 2.45) is 0 Å². The molecule has 0 aliphatic heterocycles. The van der Waals surface area contributed by atoms with Gasteiger partial charge in [-0.2, -0.15) is 0 Å². The highest BCUT2D eigenvalue weighted by Crippen LogP contribution is 2.16. The molecule has 1 atom stereocenters. The Labute approximate surface area is 101 Å². The summed E-state index contributed by atoms with van der Waals surface area (Å²) in [6.45, 7) is 4.60. The summed E-state index contributed by atoms with van der Waals surface area (Å²) in [6.07, 6.45) is -1.37. The summed E-state index contributed by atoms with van der Waals surface area (Å²) >= 11 is 0. The van der Waals surface area contributed by atoms with Gasteiger partial charge in [0.05, 0.1) is 4.90 Å². The molecule has 1 aromatic rings. The van der Waals surface area contributed by atoms with E-state index in [1.165, 1.54) is 13.0 Å². The van der Waals surface area contributed by atoms with Crippen LogP contribution in [0.15, 0.2) is 23.1 Å². The van der Waals surface area contributed by atoms with Gasteiger partial charge < -0.3 is 5.11 Å². The van der Waals surface area contributed by atoms with E-state index < -0.39 is 22.0 Å². The zero-order valence-corrected chi connectivity index (χ0v) is 10.7. The summed E-state index contributed by atoms with van der Waals surface area (Å²) in [6, 6.07) is 4.93. The van der Waals surface area contributed by atoms with Gasteiger partial charge in [-0.25, -0.2) is 13.1 Å². The zero-order chi connectivity index (χ0) is 13.2. The normalized spacial score (nSPS) is 13.2. The maximum absolute atomic E-state index is 11.9. The van der Waals surface area contributed by atoms with Crippen LogP contribution in [0.2, 0.25) is 0 Å². The molecule has 1 rings (SSSR count). The van der Waals surface area contributed by atoms with Crippen LogP contribution in [-0.4, -0.2) is 25.5 Å². The topological polar surface area (TPSA) is 83.5 Å². The number of amides is 1. The Morgan fingerprint density at radius 1 is 1.35 bits per heavy atom. The standard InChI is InChI=1S/C11H15NO4S/c1-7-4-5-8(2)10(6-7)17(15,16)12-11(14)9(3)13/h4-6,9,13H,1-3H3,(H,12,14)/t9-/m0/s1. The molecule has 1 amide bonds. The van der Waals surface area contributed by atoms with E-state index in [-0.39, 0.29) is 4.90 Å². The monoisotopic (exact) mass is 257 g/mol. The highest BCUT2D eigenvalue weighted by atomic mass is 32.2. The van der Waals surface area contributed by atoms with Gasteiger partial charge in [0, 0.05) is 0 Å². The van der Waals surface area contributed by atoms with Crippen LogP contribution in [0, 0.1) is 13.8 Å². The third-order valence-electron chi connectivity index (χ3n) is 2.25. The Bertz CT molecular complexity index is 534. The number of hydrogen-bond donors (Lipinski definition) is 2. The van der Waals surface area contributed by atoms with Gasteiger partial charge in [0.15, 0.2) is 0 Å². The van der Waals surface area contributed by atoms with Gasteiger partial charge in [-0.1, -0.05) is 12.1 Å². The molecule has 0 bridgehead atoms. The molecule has 0 saturated carbocycles. The molecule has 6 heteroatoms. The minimum Gasteiger partial charge on any atom is -0.384 e. The van der Waals surface area contributed by atoms with Crippen molar-refractivity contribution in [2.45, 2.75) is 31.8 Å². The first kappa shape index (κ1) is 13.7. The maximum atomic E-state index is 11.9. The fourth-order valence-corrected chi connectivity index (χ4v) is 2.65. The van der Waals surface area contributed by atoms with Crippen LogP contribution in [0.4, 0.5) is 0 Å². The molecule has 0 radical (unpaired) electrons. The van der Waals surface area contributed by atoms with Gasteiger partial charge in [-0.05, 0) is 38.0 Å². The van der Waals surface area contributed by atoms with Gasteiger partial charge in [-0.15, -0.1) is 0 Å². The van der Waals surface area contributed by atoms with Gasteiger partial charge in [0.25, 0.3) is 15.9 Å². The summed E-state index contributed by atoms with van der Waals surface area (Å²) in [5.74, 6) is -0.939. The highest BCUT2D eigenvalue weighted by Gasteiger charge is 2.21. The second-order valence-corrected chi connectivity index (χ2v) is 5.57. The molecule has 0 saturated heterocycles. The molecular weight excluding hydrogens is 242 g/mol. The van der Waals surface area contributed by atoms with E-state index in [9.17, 15) is 13.2 Å². The van der Waals surface area contributed by atoms with Crippen molar-refractivity contribution < 1.29 is 18.3 Å². The van der Waals surface area contributed by atoms with Crippen LogP contribution in [0.3, 0.4) is 0 Å². The Morgan fingerprint density at radius 3 is 2.47 bits per heavy atom. The zero-order valence-electron chi connectivity index (χ0n) is 9.89. The van der Waals surface area contributed by atoms with E-state index in [2.05, 4.69) is 0 Å². The van der Waals surface area contributed by atoms with Gasteiger partial charge in [0.2, 0.25) is 0 Å². The van der Waals surface area contributed by atoms with E-state index in [0.717, 1.165) is 5.56 Å². The first-order valence-electron chi connectivity index (χ1n) is 5.06. The molecule has 0 aromatic heterocycles. The number of rotatable bonds is 3. The number of benzene rings is 1. The SMILES string of the molecule is Cc1ccc(C)c(S(=O)(=O)NC(=O)[C@H](C)O)c1. The average molecular weight is 257 g/mol. The van der Waals surface area contributed by atoms with Crippen LogP contribution < -0.4 is 4.72 Å². The van der Waals surface area contributed by atoms with Gasteiger partial charge >= 0.3 is 0 Å². The largest absolute Gasteiger partial charge is 0.384 e. The Morgan fingerprint density at radius 2 is 1.94 bits per heavy atom. The van der Waals surface area contributed by atoms with Crippen LogP contribution in [0.1, 0.15) is 18.1 Å². The van der Waals surface area contributed by atoms with Gasteiger partial charge in [0.1, 0.15) is 6.10 Å². The fourth-order valence-electron chi connectivity index (χ4n) is 1.27. The third-order valence-corrected chi connectivity index (χ3v) is 3.74. The van der Waals surface area contributed by atoms with Crippen molar-refractivity contribution in [3.05, 3.63) is 29.3 Å². The Hall–Kier alpha value is -1.40. The van der Waals surface area contributed by atoms with Crippen molar-refractivity contribution in [1.82, 2.24) is 4.72 Å². The molecule has 0 aliphatic carbocycles. The number of sulfonamides is 1. The Balaban J connectivity index is 3.14. The first-order valence-corrected chi connectivity index (χ1v) is 6.54. The number of hydrogen-bond acceptors (Lipinski definition) is 4. The lowest BCUT2D eigenvalue weighted by atomic mass is 10.2. The summed E-state index contributed by atoms with van der Waals surface area (Å²) in [4.78, 5) is 11.2. The molecule has 0 aliphatic rings. The van der Waals surface area contributed by atoms with Crippen molar-refractivity contribution >= 4 is 15.9 Å². The molecule has 0 spiro atoms. The molecule has 5 nitrogen and oxygen atoms in total. The van der Waals surface area contributed by atoms with Crippen LogP contribution in [0.25, 0.3) is 0 Å². The lowest BCUT2D eigenvalue weighted by Gasteiger charge is -2.11. The van der Waals surface area contributed by atoms with Crippen LogP contribution in [-0.2, 0) is 14.8 Å². The average Bonchev–Trinajstić information content (AvgIpc) is 2.20. The molecule has 17 heavy (non-hydrogen) atoms. The molecular formula is C11H15NO4S. The van der Waals surface area contributed by atoms with E-state index >= 15 is 0 Å². The number of aliphatic hydroxyl groups excluding tert-OH is 1. The predicted molar refractivity (Wildman–Crippen MR) is 62.9 cm³/mol. The third kappa shape index (κ3) is 3.28. The number of aliphatic hydroxyl groups is 1. The van der Waals surface area contributed by atoms with Crippen LogP contribution in [0.5, 0.6) is 0 Å². The molecule has 0 unspecified atom stereocenters. The lowest BCUT2D eigenvalue weighted by molar-refractivity contribution is -0.126. The molecule has 1 aromatic carbocycles. The van der Waals surface area contributed by atoms with Gasteiger partial charge in [-0.3, -0.25) is 4.79 Å². The van der Waals surface area contributed by atoms with Crippen LogP contribution >= 0.6 is 0 Å². The molecule has 0 fully saturated rings. The van der Waals surface area contributed by atoms with E-state index in [0.29, 0.717) is 5.56 Å². The number of nitrogens with one attached hydrogen (secondary N) is 1. The molecule has 0 heterocycles. The van der Waals surface area contributed by atoms with Crippen molar-refractivity contribution in [2.75, 3.05) is 0 Å². The van der Waals surface area contributed by atoms with Crippen molar-refractivity contribution in [3.63, 3.8) is 0 Å². The minimum absolute atomic E-state index is 0.0477. The molecule has 2 N–H and O–H groups in total. The highest BCUT2D eigenvalue weighted by molar-refractivity contribution is 7.90. The fraction of sp³-hybridized carbons (Fsp3) is 0.364. The summed E-state index contributed by atoms with van der Waals surface area (Å²) < 4.78 is 25.6. The van der Waals surface area contributed by atoms with E-state index in [4.69, 9.17) is 5.11 Å². The first-order chi connectivity index (χ1) is 7.74. The predicted octanol–water partition coefficient (Wildman–Crippen LogP) is 0.489. The number of carbonyl (C=O) groups excluding carboxylic acids is 1. The summed E-state index contributed by atoms with van der Waals surface area (Å²) in [7, 11) is -3.92. The van der Waals surface area contributed by atoms with E-state index in [1.807, 2.05) is 4.72 Å². The number of aryl methyl sites for hydroxylation is 2. The second kappa shape index (κ2) is 4.85. The lowest BCUT2D eigenvalue weighted by Crippen LogP contribution is -2.37. The summed E-state index contributed by atoms with van der Waals surface area (Å²) in [5, 5.41) is 8.98. The minimum atomic E-state index is -3.92. The van der Waals surface area contributed by atoms with E-state index in [1.54, 1.807) is 26.0 Å². The number of carbonyl (C=O) groups is 1. The second-order valence-electron chi connectivity index (χ2n) is 3.91. The molecule has 94 valence electrons. The Kier molecular flexibility index (Phi) is 3.90.